The third kappa shape index (κ3) is 10.4. The normalized spacial score (nSPS) is 24.7. The van der Waals surface area contributed by atoms with Crippen LogP contribution in [-0.4, -0.2) is 84.8 Å². The van der Waals surface area contributed by atoms with E-state index in [1.54, 1.807) is 6.92 Å². The number of hydrogen-bond donors (Lipinski definition) is 3. The fourth-order valence-corrected chi connectivity index (χ4v) is 7.89. The molecule has 1 aromatic carbocycles. The van der Waals surface area contributed by atoms with Crippen molar-refractivity contribution in [2.75, 3.05) is 30.9 Å². The standard InChI is InChI=1S/C29H47N3O5S2/c1-20(19-39(5,36)37)27(34)30-24(18-38-23-13-7-6-8-14-23)26(33)17-32-16-22-12-10-9-11-21(22)15-25(32)28(35)31-29(2,3)4/h6-8,13-14,20-22,24-26,33H,9-12,15-19H2,1-5H3,(H,30,34)(H,31,35)/t20-,21+,22-,24+,25+,26-/m1/s1. The lowest BCUT2D eigenvalue weighted by Gasteiger charge is -2.47. The average Bonchev–Trinajstić information content (AvgIpc) is 2.84. The summed E-state index contributed by atoms with van der Waals surface area (Å²) in [6.07, 6.45) is 5.64. The van der Waals surface area contributed by atoms with Gasteiger partial charge in [0.05, 0.1) is 23.9 Å². The molecule has 3 N–H and O–H groups in total. The first-order chi connectivity index (χ1) is 18.2. The van der Waals surface area contributed by atoms with Gasteiger partial charge in [0.2, 0.25) is 11.8 Å². The Hall–Kier alpha value is -1.62. The van der Waals surface area contributed by atoms with Gasteiger partial charge in [0, 0.05) is 41.5 Å². The molecule has 2 amide bonds. The number of nitrogens with zero attached hydrogens (tertiary/aromatic N) is 1. The van der Waals surface area contributed by atoms with Crippen LogP contribution < -0.4 is 10.6 Å². The molecule has 1 saturated heterocycles. The van der Waals surface area contributed by atoms with Crippen molar-refractivity contribution in [3.63, 3.8) is 0 Å². The first-order valence-corrected chi connectivity index (χ1v) is 17.2. The van der Waals surface area contributed by atoms with Crippen molar-refractivity contribution in [2.24, 2.45) is 17.8 Å². The van der Waals surface area contributed by atoms with Crippen LogP contribution in [0.15, 0.2) is 35.2 Å². The van der Waals surface area contributed by atoms with Crippen molar-refractivity contribution in [3.05, 3.63) is 30.3 Å². The van der Waals surface area contributed by atoms with E-state index < -0.39 is 33.8 Å². The number of thioether (sulfide) groups is 1. The highest BCUT2D eigenvalue weighted by Crippen LogP contribution is 2.39. The molecule has 1 heterocycles. The minimum absolute atomic E-state index is 0.0141. The molecule has 0 bridgehead atoms. The zero-order chi connectivity index (χ0) is 28.8. The molecule has 0 aromatic heterocycles. The summed E-state index contributed by atoms with van der Waals surface area (Å²) >= 11 is 1.53. The van der Waals surface area contributed by atoms with Crippen LogP contribution in [-0.2, 0) is 19.4 Å². The maximum atomic E-state index is 13.4. The number of fused-ring (bicyclic) bond motifs is 1. The second kappa shape index (κ2) is 13.8. The SMILES string of the molecule is C[C@H](CS(C)(=O)=O)C(=O)N[C@@H](CSc1ccccc1)[C@H](O)CN1C[C@H]2CCCC[C@H]2C[C@H]1C(=O)NC(C)(C)C. The number of rotatable bonds is 11. The van der Waals surface area contributed by atoms with E-state index in [1.807, 2.05) is 51.1 Å². The van der Waals surface area contributed by atoms with Gasteiger partial charge in [-0.2, -0.15) is 0 Å². The van der Waals surface area contributed by atoms with Crippen molar-refractivity contribution in [1.29, 1.82) is 0 Å². The average molecular weight is 582 g/mol. The molecule has 1 aliphatic heterocycles. The molecule has 3 rings (SSSR count). The van der Waals surface area contributed by atoms with Crippen LogP contribution in [0.4, 0.5) is 0 Å². The second-order valence-corrected chi connectivity index (χ2v) is 15.8. The van der Waals surface area contributed by atoms with Crippen LogP contribution in [0.2, 0.25) is 0 Å². The van der Waals surface area contributed by atoms with Crippen molar-refractivity contribution in [3.8, 4) is 0 Å². The number of nitrogens with one attached hydrogen (secondary N) is 2. The van der Waals surface area contributed by atoms with Crippen LogP contribution in [0.3, 0.4) is 0 Å². The van der Waals surface area contributed by atoms with Crippen molar-refractivity contribution >= 4 is 33.4 Å². The van der Waals surface area contributed by atoms with E-state index in [0.29, 0.717) is 17.6 Å². The van der Waals surface area contributed by atoms with Gasteiger partial charge in [-0.15, -0.1) is 11.8 Å². The highest BCUT2D eigenvalue weighted by atomic mass is 32.2. The van der Waals surface area contributed by atoms with E-state index in [1.165, 1.54) is 24.6 Å². The number of carbonyl (C=O) groups excluding carboxylic acids is 2. The van der Waals surface area contributed by atoms with E-state index in [0.717, 1.165) is 37.0 Å². The summed E-state index contributed by atoms with van der Waals surface area (Å²) in [6, 6.07) is 8.82. The lowest BCUT2D eigenvalue weighted by atomic mass is 9.72. The number of sulfone groups is 1. The topological polar surface area (TPSA) is 116 Å². The Morgan fingerprint density at radius 1 is 1.13 bits per heavy atom. The number of hydrogen-bond acceptors (Lipinski definition) is 7. The minimum atomic E-state index is -3.33. The summed E-state index contributed by atoms with van der Waals surface area (Å²) in [5.41, 5.74) is -0.358. The number of amides is 2. The summed E-state index contributed by atoms with van der Waals surface area (Å²) in [5, 5.41) is 17.6. The largest absolute Gasteiger partial charge is 0.390 e. The molecule has 8 nitrogen and oxygen atoms in total. The highest BCUT2D eigenvalue weighted by molar-refractivity contribution is 7.99. The summed E-state index contributed by atoms with van der Waals surface area (Å²) in [7, 11) is -3.33. The minimum Gasteiger partial charge on any atom is -0.390 e. The Morgan fingerprint density at radius 3 is 2.38 bits per heavy atom. The van der Waals surface area contributed by atoms with Gasteiger partial charge in [0.15, 0.2) is 0 Å². The third-order valence-corrected chi connectivity index (χ3v) is 9.93. The van der Waals surface area contributed by atoms with Crippen molar-refractivity contribution < 1.29 is 23.1 Å². The molecule has 1 aliphatic carbocycles. The Morgan fingerprint density at radius 2 is 1.77 bits per heavy atom. The summed E-state index contributed by atoms with van der Waals surface area (Å²) in [5.74, 6) is 0.0412. The molecule has 0 unspecified atom stereocenters. The Labute approximate surface area is 239 Å². The molecule has 6 atom stereocenters. The Kier molecular flexibility index (Phi) is 11.3. The zero-order valence-corrected chi connectivity index (χ0v) is 25.7. The fourth-order valence-electron chi connectivity index (χ4n) is 5.80. The molecule has 39 heavy (non-hydrogen) atoms. The van der Waals surface area contributed by atoms with Gasteiger partial charge in [0.1, 0.15) is 9.84 Å². The molecule has 2 fully saturated rings. The third-order valence-electron chi connectivity index (χ3n) is 7.69. The van der Waals surface area contributed by atoms with Crippen LogP contribution >= 0.6 is 11.8 Å². The van der Waals surface area contributed by atoms with E-state index in [2.05, 4.69) is 15.5 Å². The van der Waals surface area contributed by atoms with Crippen LogP contribution in [0.25, 0.3) is 0 Å². The van der Waals surface area contributed by atoms with Crippen molar-refractivity contribution in [1.82, 2.24) is 15.5 Å². The van der Waals surface area contributed by atoms with Gasteiger partial charge in [0.25, 0.3) is 0 Å². The highest BCUT2D eigenvalue weighted by Gasteiger charge is 2.41. The summed E-state index contributed by atoms with van der Waals surface area (Å²) in [4.78, 5) is 29.5. The van der Waals surface area contributed by atoms with Gasteiger partial charge in [-0.05, 0) is 57.6 Å². The number of aliphatic hydroxyl groups is 1. The van der Waals surface area contributed by atoms with Crippen LogP contribution in [0.5, 0.6) is 0 Å². The maximum Gasteiger partial charge on any atom is 0.237 e. The summed E-state index contributed by atoms with van der Waals surface area (Å²) < 4.78 is 23.6. The van der Waals surface area contributed by atoms with Gasteiger partial charge in [-0.3, -0.25) is 14.5 Å². The van der Waals surface area contributed by atoms with E-state index >= 15 is 0 Å². The number of likely N-dealkylation sites (tertiary alicyclic amines) is 1. The smallest absolute Gasteiger partial charge is 0.237 e. The van der Waals surface area contributed by atoms with E-state index in [-0.39, 0.29) is 29.8 Å². The van der Waals surface area contributed by atoms with Crippen molar-refractivity contribution in [2.45, 2.75) is 88.4 Å². The first-order valence-electron chi connectivity index (χ1n) is 14.1. The van der Waals surface area contributed by atoms with Gasteiger partial charge in [-0.25, -0.2) is 8.42 Å². The van der Waals surface area contributed by atoms with E-state index in [9.17, 15) is 23.1 Å². The maximum absolute atomic E-state index is 13.4. The predicted octanol–water partition coefficient (Wildman–Crippen LogP) is 3.10. The van der Waals surface area contributed by atoms with Gasteiger partial charge < -0.3 is 15.7 Å². The number of piperidine rings is 1. The Bertz CT molecular complexity index is 1060. The Balaban J connectivity index is 1.77. The van der Waals surface area contributed by atoms with Crippen LogP contribution in [0.1, 0.15) is 59.8 Å². The molecule has 0 radical (unpaired) electrons. The second-order valence-electron chi connectivity index (χ2n) is 12.5. The lowest BCUT2D eigenvalue weighted by Crippen LogP contribution is -2.60. The molecular weight excluding hydrogens is 534 g/mol. The number of aliphatic hydroxyl groups excluding tert-OH is 1. The van der Waals surface area contributed by atoms with Gasteiger partial charge >= 0.3 is 0 Å². The molecule has 2 aliphatic rings. The zero-order valence-electron chi connectivity index (χ0n) is 24.1. The monoisotopic (exact) mass is 581 g/mol. The number of β-amino-alcohol motifs (C(OH)–C–C–N with tert-alkyl or cyclic N) is 1. The van der Waals surface area contributed by atoms with Crippen LogP contribution in [0, 0.1) is 17.8 Å². The molecule has 0 spiro atoms. The fraction of sp³-hybridized carbons (Fsp3) is 0.724. The predicted molar refractivity (Wildman–Crippen MR) is 157 cm³/mol. The number of benzene rings is 1. The first kappa shape index (κ1) is 31.9. The molecular formula is C29H47N3O5S2. The lowest BCUT2D eigenvalue weighted by molar-refractivity contribution is -0.133. The van der Waals surface area contributed by atoms with Gasteiger partial charge in [-0.1, -0.05) is 44.4 Å². The molecule has 1 aromatic rings. The quantitative estimate of drug-likeness (QED) is 0.344. The number of carbonyl (C=O) groups is 2. The van der Waals surface area contributed by atoms with E-state index in [4.69, 9.17) is 0 Å². The molecule has 1 saturated carbocycles. The molecule has 220 valence electrons. The summed E-state index contributed by atoms with van der Waals surface area (Å²) in [6.45, 7) is 8.51. The molecule has 10 heteroatoms.